The van der Waals surface area contributed by atoms with Crippen molar-refractivity contribution in [3.05, 3.63) is 90.0 Å². The molecule has 1 heterocycles. The molecule has 6 nitrogen and oxygen atoms in total. The summed E-state index contributed by atoms with van der Waals surface area (Å²) in [6, 6.07) is 25.1. The molecule has 1 atom stereocenters. The zero-order valence-corrected chi connectivity index (χ0v) is 18.6. The number of ether oxygens (including phenoxy) is 1. The molecule has 162 valence electrons. The van der Waals surface area contributed by atoms with E-state index in [9.17, 15) is 4.79 Å². The number of benzene rings is 3. The van der Waals surface area contributed by atoms with Crippen LogP contribution in [0.25, 0.3) is 11.5 Å². The molecule has 0 bridgehead atoms. The largest absolute Gasteiger partial charge is 0.489 e. The number of amides is 1. The molecule has 3 aromatic carbocycles. The Hall–Kier alpha value is -3.58. The Kier molecular flexibility index (Phi) is 6.87. The van der Waals surface area contributed by atoms with Crippen LogP contribution in [0, 0.1) is 6.92 Å². The van der Waals surface area contributed by atoms with Crippen LogP contribution in [0.5, 0.6) is 5.75 Å². The fourth-order valence-corrected chi connectivity index (χ4v) is 3.58. The van der Waals surface area contributed by atoms with Gasteiger partial charge in [-0.15, -0.1) is 10.2 Å². The van der Waals surface area contributed by atoms with Crippen molar-refractivity contribution in [1.29, 1.82) is 0 Å². The molecule has 4 aromatic rings. The van der Waals surface area contributed by atoms with Gasteiger partial charge in [0.1, 0.15) is 12.4 Å². The molecule has 0 fully saturated rings. The highest BCUT2D eigenvalue weighted by molar-refractivity contribution is 8.00. The molecule has 0 radical (unpaired) electrons. The summed E-state index contributed by atoms with van der Waals surface area (Å²) in [4.78, 5) is 12.6. The number of aryl methyl sites for hydroxylation is 1. The second kappa shape index (κ2) is 10.2. The lowest BCUT2D eigenvalue weighted by atomic mass is 10.1. The Balaban J connectivity index is 1.29. The Morgan fingerprint density at radius 2 is 1.72 bits per heavy atom. The Bertz CT molecular complexity index is 1160. The van der Waals surface area contributed by atoms with Gasteiger partial charge < -0.3 is 14.5 Å². The van der Waals surface area contributed by atoms with Crippen molar-refractivity contribution in [3.63, 3.8) is 0 Å². The number of aromatic nitrogens is 2. The Morgan fingerprint density at radius 1 is 1.00 bits per heavy atom. The predicted octanol–water partition coefficient (Wildman–Crippen LogP) is 5.74. The summed E-state index contributed by atoms with van der Waals surface area (Å²) in [6.45, 7) is 4.31. The number of carbonyl (C=O) groups excluding carboxylic acids is 1. The van der Waals surface area contributed by atoms with Gasteiger partial charge in [-0.05, 0) is 55.8 Å². The summed E-state index contributed by atoms with van der Waals surface area (Å²) in [5.74, 6) is 1.03. The summed E-state index contributed by atoms with van der Waals surface area (Å²) in [7, 11) is 0. The van der Waals surface area contributed by atoms with Crippen molar-refractivity contribution in [3.8, 4) is 17.2 Å². The highest BCUT2D eigenvalue weighted by Gasteiger charge is 2.19. The van der Waals surface area contributed by atoms with Gasteiger partial charge in [-0.25, -0.2) is 0 Å². The molecule has 1 N–H and O–H groups in total. The fourth-order valence-electron chi connectivity index (χ4n) is 2.89. The third-order valence-corrected chi connectivity index (χ3v) is 5.66. The number of thioether (sulfide) groups is 1. The average molecular weight is 446 g/mol. The summed E-state index contributed by atoms with van der Waals surface area (Å²) >= 11 is 1.22. The maximum atomic E-state index is 12.6. The third-order valence-electron chi connectivity index (χ3n) is 4.72. The molecule has 0 aliphatic heterocycles. The van der Waals surface area contributed by atoms with Gasteiger partial charge >= 0.3 is 0 Å². The molecule has 1 amide bonds. The van der Waals surface area contributed by atoms with Crippen molar-refractivity contribution in [1.82, 2.24) is 10.2 Å². The van der Waals surface area contributed by atoms with Gasteiger partial charge in [-0.2, -0.15) is 0 Å². The standard InChI is InChI=1S/C25H23N3O3S/c1-17-8-10-20(11-9-17)24-27-28-25(31-24)32-18(2)23(29)26-21-12-14-22(15-13-21)30-16-19-6-4-3-5-7-19/h3-15,18H,16H2,1-2H3,(H,26,29)/t18-/m1/s1. The molecule has 7 heteroatoms. The molecule has 1 aromatic heterocycles. The van der Waals surface area contributed by atoms with Gasteiger partial charge in [-0.3, -0.25) is 4.79 Å². The van der Waals surface area contributed by atoms with Crippen molar-refractivity contribution < 1.29 is 13.9 Å². The van der Waals surface area contributed by atoms with Crippen LogP contribution in [-0.4, -0.2) is 21.4 Å². The van der Waals surface area contributed by atoms with E-state index in [1.807, 2.05) is 85.8 Å². The smallest absolute Gasteiger partial charge is 0.277 e. The first-order chi connectivity index (χ1) is 15.6. The van der Waals surface area contributed by atoms with E-state index >= 15 is 0 Å². The van der Waals surface area contributed by atoms with Gasteiger partial charge in [0.15, 0.2) is 0 Å². The predicted molar refractivity (Wildman–Crippen MR) is 126 cm³/mol. The van der Waals surface area contributed by atoms with Crippen LogP contribution in [0.3, 0.4) is 0 Å². The van der Waals surface area contributed by atoms with E-state index in [-0.39, 0.29) is 5.91 Å². The average Bonchev–Trinajstić information content (AvgIpc) is 3.28. The van der Waals surface area contributed by atoms with E-state index in [1.54, 1.807) is 6.92 Å². The summed E-state index contributed by atoms with van der Waals surface area (Å²) in [5.41, 5.74) is 3.80. The van der Waals surface area contributed by atoms with E-state index in [1.165, 1.54) is 11.8 Å². The molecule has 0 saturated carbocycles. The van der Waals surface area contributed by atoms with Crippen LogP contribution in [0.1, 0.15) is 18.1 Å². The molecular weight excluding hydrogens is 422 g/mol. The maximum absolute atomic E-state index is 12.6. The maximum Gasteiger partial charge on any atom is 0.277 e. The number of nitrogens with one attached hydrogen (secondary N) is 1. The SMILES string of the molecule is Cc1ccc(-c2nnc(S[C@H](C)C(=O)Nc3ccc(OCc4ccccc4)cc3)o2)cc1. The number of hydrogen-bond acceptors (Lipinski definition) is 6. The second-order valence-corrected chi connectivity index (χ2v) is 8.58. The van der Waals surface area contributed by atoms with Crippen LogP contribution in [-0.2, 0) is 11.4 Å². The van der Waals surface area contributed by atoms with Crippen LogP contribution in [0.15, 0.2) is 88.5 Å². The number of nitrogens with zero attached hydrogens (tertiary/aromatic N) is 2. The third kappa shape index (κ3) is 5.76. The first-order valence-electron chi connectivity index (χ1n) is 10.2. The van der Waals surface area contributed by atoms with E-state index in [0.717, 1.165) is 22.4 Å². The van der Waals surface area contributed by atoms with Crippen molar-refractivity contribution in [2.24, 2.45) is 0 Å². The first kappa shape index (κ1) is 21.6. The van der Waals surface area contributed by atoms with Gasteiger partial charge in [0.2, 0.25) is 11.8 Å². The van der Waals surface area contributed by atoms with E-state index in [2.05, 4.69) is 15.5 Å². The number of hydrogen-bond donors (Lipinski definition) is 1. The molecular formula is C25H23N3O3S. The lowest BCUT2D eigenvalue weighted by Crippen LogP contribution is -2.22. The number of anilines is 1. The van der Waals surface area contributed by atoms with Gasteiger partial charge in [0.05, 0.1) is 5.25 Å². The van der Waals surface area contributed by atoms with E-state index < -0.39 is 5.25 Å². The van der Waals surface area contributed by atoms with Gasteiger partial charge in [0.25, 0.3) is 5.22 Å². The van der Waals surface area contributed by atoms with Crippen LogP contribution in [0.2, 0.25) is 0 Å². The molecule has 0 saturated heterocycles. The Morgan fingerprint density at radius 3 is 2.44 bits per heavy atom. The minimum Gasteiger partial charge on any atom is -0.489 e. The monoisotopic (exact) mass is 445 g/mol. The van der Waals surface area contributed by atoms with Crippen molar-refractivity contribution in [2.75, 3.05) is 5.32 Å². The Labute approximate surface area is 191 Å². The van der Waals surface area contributed by atoms with Crippen molar-refractivity contribution >= 4 is 23.4 Å². The molecule has 0 spiro atoms. The summed E-state index contributed by atoms with van der Waals surface area (Å²) < 4.78 is 11.5. The van der Waals surface area contributed by atoms with Crippen LogP contribution < -0.4 is 10.1 Å². The molecule has 4 rings (SSSR count). The fraction of sp³-hybridized carbons (Fsp3) is 0.160. The van der Waals surface area contributed by atoms with Crippen LogP contribution in [0.4, 0.5) is 5.69 Å². The minimum absolute atomic E-state index is 0.150. The zero-order chi connectivity index (χ0) is 22.3. The number of carbonyl (C=O) groups is 1. The van der Waals surface area contributed by atoms with Gasteiger partial charge in [-0.1, -0.05) is 59.8 Å². The highest BCUT2D eigenvalue weighted by atomic mass is 32.2. The van der Waals surface area contributed by atoms with Gasteiger partial charge in [0, 0.05) is 11.3 Å². The van der Waals surface area contributed by atoms with Crippen LogP contribution >= 0.6 is 11.8 Å². The molecule has 32 heavy (non-hydrogen) atoms. The molecule has 0 unspecified atom stereocenters. The zero-order valence-electron chi connectivity index (χ0n) is 17.8. The van der Waals surface area contributed by atoms with Crippen molar-refractivity contribution in [2.45, 2.75) is 30.9 Å². The summed E-state index contributed by atoms with van der Waals surface area (Å²) in [6.07, 6.45) is 0. The molecule has 0 aliphatic carbocycles. The normalized spacial score (nSPS) is 11.7. The first-order valence-corrected chi connectivity index (χ1v) is 11.1. The second-order valence-electron chi connectivity index (χ2n) is 7.29. The number of rotatable bonds is 8. The quantitative estimate of drug-likeness (QED) is 0.348. The minimum atomic E-state index is -0.407. The molecule has 0 aliphatic rings. The van der Waals surface area contributed by atoms with E-state index in [0.29, 0.717) is 23.4 Å². The summed E-state index contributed by atoms with van der Waals surface area (Å²) in [5, 5.41) is 11.0. The highest BCUT2D eigenvalue weighted by Crippen LogP contribution is 2.27. The topological polar surface area (TPSA) is 77.2 Å². The lowest BCUT2D eigenvalue weighted by molar-refractivity contribution is -0.115. The van der Waals surface area contributed by atoms with E-state index in [4.69, 9.17) is 9.15 Å². The lowest BCUT2D eigenvalue weighted by Gasteiger charge is -2.11.